The second-order valence-electron chi connectivity index (χ2n) is 4.55. The Labute approximate surface area is 95.7 Å². The van der Waals surface area contributed by atoms with E-state index in [1.165, 1.54) is 10.4 Å². The van der Waals surface area contributed by atoms with E-state index in [4.69, 9.17) is 11.0 Å². The van der Waals surface area contributed by atoms with Gasteiger partial charge in [-0.3, -0.25) is 0 Å². The number of rotatable bonds is 3. The van der Waals surface area contributed by atoms with Crippen LogP contribution in [0, 0.1) is 17.2 Å². The maximum Gasteiger partial charge on any atom is 0.104 e. The molecule has 3 heteroatoms. The Balaban J connectivity index is 3.24. The van der Waals surface area contributed by atoms with Crippen molar-refractivity contribution in [3.8, 4) is 6.07 Å². The minimum absolute atomic E-state index is 0.452. The predicted molar refractivity (Wildman–Crippen MR) is 66.1 cm³/mol. The zero-order chi connectivity index (χ0) is 11.6. The molecule has 0 atom stereocenters. The molecule has 0 unspecified atom stereocenters. The molecule has 0 aliphatic carbocycles. The monoisotopic (exact) mass is 222 g/mol. The first-order valence-electron chi connectivity index (χ1n) is 5.28. The lowest BCUT2D eigenvalue weighted by Gasteiger charge is -2.09. The van der Waals surface area contributed by atoms with Crippen molar-refractivity contribution >= 4 is 16.3 Å². The highest BCUT2D eigenvalue weighted by Crippen LogP contribution is 2.36. The van der Waals surface area contributed by atoms with Gasteiger partial charge < -0.3 is 5.73 Å². The Morgan fingerprint density at radius 1 is 1.33 bits per heavy atom. The number of nitrogens with two attached hydrogens (primary N) is 1. The van der Waals surface area contributed by atoms with Gasteiger partial charge in [0.25, 0.3) is 0 Å². The highest BCUT2D eigenvalue weighted by molar-refractivity contribution is 7.16. The lowest BCUT2D eigenvalue weighted by molar-refractivity contribution is 0.641. The van der Waals surface area contributed by atoms with Gasteiger partial charge >= 0.3 is 0 Å². The van der Waals surface area contributed by atoms with Crippen LogP contribution in [0.1, 0.15) is 49.6 Å². The predicted octanol–water partition coefficient (Wildman–Crippen LogP) is 3.52. The van der Waals surface area contributed by atoms with Crippen molar-refractivity contribution < 1.29 is 0 Å². The van der Waals surface area contributed by atoms with Crippen LogP contribution in [0.3, 0.4) is 0 Å². The summed E-state index contributed by atoms with van der Waals surface area (Å²) >= 11 is 1.57. The smallest absolute Gasteiger partial charge is 0.104 e. The summed E-state index contributed by atoms with van der Waals surface area (Å²) in [7, 11) is 0. The van der Waals surface area contributed by atoms with Crippen LogP contribution in [-0.2, 0) is 6.42 Å². The largest absolute Gasteiger partial charge is 0.389 e. The third-order valence-electron chi connectivity index (χ3n) is 2.31. The molecule has 0 amide bonds. The molecule has 2 nitrogen and oxygen atoms in total. The van der Waals surface area contributed by atoms with Gasteiger partial charge in [0.05, 0.1) is 5.56 Å². The van der Waals surface area contributed by atoms with Gasteiger partial charge in [-0.25, -0.2) is 0 Å². The number of hydrogen-bond donors (Lipinski definition) is 1. The number of nitrogens with zero attached hydrogens (tertiary/aromatic N) is 1. The number of thiophene rings is 1. The van der Waals surface area contributed by atoms with Crippen molar-refractivity contribution in [2.75, 3.05) is 5.73 Å². The lowest BCUT2D eigenvalue weighted by Crippen LogP contribution is -2.00. The number of nitriles is 1. The molecule has 2 N–H and O–H groups in total. The Morgan fingerprint density at radius 3 is 2.33 bits per heavy atom. The molecule has 0 saturated carbocycles. The Bertz CT molecular complexity index is 383. The molecule has 0 aliphatic rings. The van der Waals surface area contributed by atoms with Gasteiger partial charge in [0.15, 0.2) is 0 Å². The first-order valence-corrected chi connectivity index (χ1v) is 6.10. The molecule has 0 saturated heterocycles. The molecule has 0 spiro atoms. The van der Waals surface area contributed by atoms with Crippen molar-refractivity contribution in [3.63, 3.8) is 0 Å². The zero-order valence-electron chi connectivity index (χ0n) is 9.79. The number of anilines is 1. The van der Waals surface area contributed by atoms with Crippen LogP contribution in [0.15, 0.2) is 0 Å². The minimum atomic E-state index is 0.452. The average molecular weight is 222 g/mol. The summed E-state index contributed by atoms with van der Waals surface area (Å²) < 4.78 is 0. The Morgan fingerprint density at radius 2 is 1.93 bits per heavy atom. The summed E-state index contributed by atoms with van der Waals surface area (Å²) in [4.78, 5) is 1.28. The molecule has 1 aromatic rings. The number of nitrogen functional groups attached to an aromatic ring is 1. The molecule has 0 fully saturated rings. The van der Waals surface area contributed by atoms with E-state index < -0.39 is 0 Å². The van der Waals surface area contributed by atoms with E-state index in [9.17, 15) is 0 Å². The summed E-state index contributed by atoms with van der Waals surface area (Å²) in [6.07, 6.45) is 0.949. The van der Waals surface area contributed by atoms with E-state index in [2.05, 4.69) is 33.8 Å². The zero-order valence-corrected chi connectivity index (χ0v) is 10.6. The fourth-order valence-electron chi connectivity index (χ4n) is 1.70. The second kappa shape index (κ2) is 4.67. The van der Waals surface area contributed by atoms with E-state index in [0.717, 1.165) is 6.42 Å². The van der Waals surface area contributed by atoms with Crippen LogP contribution in [0.2, 0.25) is 0 Å². The molecule has 0 aromatic carbocycles. The molecule has 1 heterocycles. The fraction of sp³-hybridized carbons (Fsp3) is 0.583. The SMILES string of the molecule is CC(C)Cc1c(C(C)C)sc(N)c1C#N. The van der Waals surface area contributed by atoms with Crippen LogP contribution >= 0.6 is 11.3 Å². The van der Waals surface area contributed by atoms with Gasteiger partial charge in [0, 0.05) is 4.88 Å². The van der Waals surface area contributed by atoms with Gasteiger partial charge in [0.2, 0.25) is 0 Å². The summed E-state index contributed by atoms with van der Waals surface area (Å²) in [6, 6.07) is 2.23. The van der Waals surface area contributed by atoms with Gasteiger partial charge in [-0.15, -0.1) is 11.3 Å². The maximum absolute atomic E-state index is 9.08. The summed E-state index contributed by atoms with van der Waals surface area (Å²) in [5.74, 6) is 1.01. The van der Waals surface area contributed by atoms with E-state index in [0.29, 0.717) is 22.4 Å². The van der Waals surface area contributed by atoms with Gasteiger partial charge in [0.1, 0.15) is 11.1 Å². The van der Waals surface area contributed by atoms with E-state index >= 15 is 0 Å². The summed E-state index contributed by atoms with van der Waals surface area (Å²) in [5, 5.41) is 9.76. The van der Waals surface area contributed by atoms with Crippen LogP contribution in [0.4, 0.5) is 5.00 Å². The van der Waals surface area contributed by atoms with Crippen molar-refractivity contribution in [2.24, 2.45) is 5.92 Å². The first-order chi connectivity index (χ1) is 6.97. The number of hydrogen-bond acceptors (Lipinski definition) is 3. The third kappa shape index (κ3) is 2.51. The highest BCUT2D eigenvalue weighted by atomic mass is 32.1. The molecule has 82 valence electrons. The molecule has 0 aliphatic heterocycles. The fourth-order valence-corrected chi connectivity index (χ4v) is 2.75. The van der Waals surface area contributed by atoms with Crippen LogP contribution < -0.4 is 5.73 Å². The van der Waals surface area contributed by atoms with Crippen molar-refractivity contribution in [2.45, 2.75) is 40.0 Å². The molecule has 1 aromatic heterocycles. The van der Waals surface area contributed by atoms with Crippen molar-refractivity contribution in [1.29, 1.82) is 5.26 Å². The minimum Gasteiger partial charge on any atom is -0.389 e. The van der Waals surface area contributed by atoms with Crippen LogP contribution in [0.25, 0.3) is 0 Å². The highest BCUT2D eigenvalue weighted by Gasteiger charge is 2.18. The van der Waals surface area contributed by atoms with Crippen molar-refractivity contribution in [3.05, 3.63) is 16.0 Å². The summed E-state index contributed by atoms with van der Waals surface area (Å²) in [5.41, 5.74) is 7.74. The molecular formula is C12H18N2S. The van der Waals surface area contributed by atoms with E-state index in [-0.39, 0.29) is 0 Å². The normalized spacial score (nSPS) is 11.0. The molecule has 0 radical (unpaired) electrons. The van der Waals surface area contributed by atoms with Crippen LogP contribution in [-0.4, -0.2) is 0 Å². The van der Waals surface area contributed by atoms with E-state index in [1.807, 2.05) is 0 Å². The standard InChI is InChI=1S/C12H18N2S/c1-7(2)5-9-10(6-13)12(14)15-11(9)8(3)4/h7-8H,5,14H2,1-4H3. The molecule has 0 bridgehead atoms. The van der Waals surface area contributed by atoms with Crippen molar-refractivity contribution in [1.82, 2.24) is 0 Å². The molecule has 1 rings (SSSR count). The molecular weight excluding hydrogens is 204 g/mol. The quantitative estimate of drug-likeness (QED) is 0.850. The maximum atomic E-state index is 9.08. The second-order valence-corrected chi connectivity index (χ2v) is 5.63. The molecule has 15 heavy (non-hydrogen) atoms. The first kappa shape index (κ1) is 12.1. The topological polar surface area (TPSA) is 49.8 Å². The van der Waals surface area contributed by atoms with Crippen LogP contribution in [0.5, 0.6) is 0 Å². The third-order valence-corrected chi connectivity index (χ3v) is 3.68. The van der Waals surface area contributed by atoms with Gasteiger partial charge in [-0.2, -0.15) is 5.26 Å². The lowest BCUT2D eigenvalue weighted by atomic mass is 9.96. The average Bonchev–Trinajstić information content (AvgIpc) is 2.41. The van der Waals surface area contributed by atoms with Gasteiger partial charge in [-0.1, -0.05) is 27.7 Å². The van der Waals surface area contributed by atoms with Gasteiger partial charge in [-0.05, 0) is 23.8 Å². The van der Waals surface area contributed by atoms with E-state index in [1.54, 1.807) is 11.3 Å². The summed E-state index contributed by atoms with van der Waals surface area (Å²) in [6.45, 7) is 8.63. The Hall–Kier alpha value is -1.01. The Kier molecular flexibility index (Phi) is 3.76.